The molecule has 3 rings (SSSR count). The molecule has 0 fully saturated rings. The Bertz CT molecular complexity index is 1090. The predicted molar refractivity (Wildman–Crippen MR) is 114 cm³/mol. The lowest BCUT2D eigenvalue weighted by Crippen LogP contribution is -2.27. The highest BCUT2D eigenvalue weighted by molar-refractivity contribution is 7.92. The molecule has 3 aromatic rings. The molecule has 0 radical (unpaired) electrons. The predicted octanol–water partition coefficient (Wildman–Crippen LogP) is 3.69. The smallest absolute Gasteiger partial charge is 0.259 e. The van der Waals surface area contributed by atoms with Gasteiger partial charge in [-0.15, -0.1) is 11.3 Å². The first-order valence-corrected chi connectivity index (χ1v) is 11.2. The van der Waals surface area contributed by atoms with Crippen LogP contribution in [0.3, 0.4) is 0 Å². The van der Waals surface area contributed by atoms with Gasteiger partial charge in [0.05, 0.1) is 17.5 Å². The van der Waals surface area contributed by atoms with E-state index in [1.54, 1.807) is 30.5 Å². The van der Waals surface area contributed by atoms with E-state index >= 15 is 0 Å². The lowest BCUT2D eigenvalue weighted by molar-refractivity contribution is 0.102. The van der Waals surface area contributed by atoms with Crippen molar-refractivity contribution in [2.45, 2.75) is 13.3 Å². The summed E-state index contributed by atoms with van der Waals surface area (Å²) in [4.78, 5) is 18.0. The highest BCUT2D eigenvalue weighted by Gasteiger charge is 2.20. The first-order valence-electron chi connectivity index (χ1n) is 8.58. The van der Waals surface area contributed by atoms with Gasteiger partial charge in [-0.3, -0.25) is 14.4 Å². The molecule has 1 N–H and O–H groups in total. The topological polar surface area (TPSA) is 79.4 Å². The molecule has 146 valence electrons. The molecule has 0 aliphatic heterocycles. The van der Waals surface area contributed by atoms with Crippen molar-refractivity contribution in [3.63, 3.8) is 0 Å². The van der Waals surface area contributed by atoms with Crippen LogP contribution in [0.1, 0.15) is 26.4 Å². The summed E-state index contributed by atoms with van der Waals surface area (Å²) < 4.78 is 24.8. The molecule has 0 saturated carbocycles. The number of sulfonamides is 1. The molecule has 6 nitrogen and oxygen atoms in total. The lowest BCUT2D eigenvalue weighted by atomic mass is 10.1. The number of carbonyl (C=O) groups is 1. The minimum Gasteiger partial charge on any atom is -0.298 e. The van der Waals surface area contributed by atoms with Gasteiger partial charge in [-0.05, 0) is 24.6 Å². The average Bonchev–Trinajstić information content (AvgIpc) is 3.09. The Morgan fingerprint density at radius 1 is 1.14 bits per heavy atom. The van der Waals surface area contributed by atoms with Crippen LogP contribution in [0.15, 0.2) is 54.7 Å². The van der Waals surface area contributed by atoms with Crippen LogP contribution in [-0.4, -0.2) is 32.6 Å². The molecule has 0 spiro atoms. The van der Waals surface area contributed by atoms with Crippen LogP contribution < -0.4 is 9.62 Å². The van der Waals surface area contributed by atoms with E-state index in [-0.39, 0.29) is 5.56 Å². The van der Waals surface area contributed by atoms with Gasteiger partial charge < -0.3 is 0 Å². The molecular formula is C20H21N3O3S2. The number of aryl methyl sites for hydroxylation is 1. The van der Waals surface area contributed by atoms with E-state index in [9.17, 15) is 13.2 Å². The molecule has 2 aromatic carbocycles. The normalized spacial score (nSPS) is 11.2. The van der Waals surface area contributed by atoms with Crippen LogP contribution in [0.2, 0.25) is 0 Å². The molecule has 0 unspecified atom stereocenters. The molecule has 0 saturated heterocycles. The quantitative estimate of drug-likeness (QED) is 0.666. The highest BCUT2D eigenvalue weighted by atomic mass is 32.2. The first kappa shape index (κ1) is 20.0. The van der Waals surface area contributed by atoms with Gasteiger partial charge in [-0.1, -0.05) is 42.0 Å². The minimum absolute atomic E-state index is 0.269. The Labute approximate surface area is 168 Å². The minimum atomic E-state index is -3.48. The molecule has 1 aromatic heterocycles. The molecule has 0 aliphatic rings. The average molecular weight is 416 g/mol. The summed E-state index contributed by atoms with van der Waals surface area (Å²) in [5.74, 6) is -0.401. The van der Waals surface area contributed by atoms with Crippen molar-refractivity contribution < 1.29 is 13.2 Å². The summed E-state index contributed by atoms with van der Waals surface area (Å²) in [6.07, 6.45) is 3.58. The van der Waals surface area contributed by atoms with Gasteiger partial charge in [0.25, 0.3) is 5.91 Å². The second kappa shape index (κ2) is 8.12. The summed E-state index contributed by atoms with van der Waals surface area (Å²) in [7, 11) is -2.06. The van der Waals surface area contributed by atoms with Crippen LogP contribution in [-0.2, 0) is 16.4 Å². The monoisotopic (exact) mass is 415 g/mol. The van der Waals surface area contributed by atoms with Crippen molar-refractivity contribution in [1.29, 1.82) is 0 Å². The third-order valence-electron chi connectivity index (χ3n) is 4.26. The number of benzene rings is 2. The standard InChI is InChI=1S/C20H21N3O3S2/c1-14-8-10-15(11-9-14)12-16-13-21-20(27-16)22-19(24)17-6-4-5-7-18(17)23(2)28(3,25)26/h4-11,13H,12H2,1-3H3,(H,21,22,24). The Morgan fingerprint density at radius 2 is 1.82 bits per heavy atom. The number of carbonyl (C=O) groups excluding carboxylic acids is 1. The second-order valence-corrected chi connectivity index (χ2v) is 9.62. The fourth-order valence-corrected chi connectivity index (χ4v) is 4.00. The van der Waals surface area contributed by atoms with Gasteiger partial charge >= 0.3 is 0 Å². The zero-order valence-corrected chi connectivity index (χ0v) is 17.5. The van der Waals surface area contributed by atoms with E-state index in [0.717, 1.165) is 21.9 Å². The summed E-state index contributed by atoms with van der Waals surface area (Å²) in [5.41, 5.74) is 2.97. The zero-order valence-electron chi connectivity index (χ0n) is 15.8. The van der Waals surface area contributed by atoms with Crippen LogP contribution in [0.25, 0.3) is 0 Å². The van der Waals surface area contributed by atoms with Gasteiger partial charge in [-0.25, -0.2) is 13.4 Å². The number of thiazole rings is 1. The van der Waals surface area contributed by atoms with E-state index in [4.69, 9.17) is 0 Å². The third kappa shape index (κ3) is 4.76. The van der Waals surface area contributed by atoms with Gasteiger partial charge in [0.15, 0.2) is 5.13 Å². The summed E-state index contributed by atoms with van der Waals surface area (Å²) in [6, 6.07) is 14.8. The van der Waals surface area contributed by atoms with Gasteiger partial charge in [0.1, 0.15) is 0 Å². The number of para-hydroxylation sites is 1. The molecule has 28 heavy (non-hydrogen) atoms. The van der Waals surface area contributed by atoms with E-state index in [2.05, 4.69) is 34.6 Å². The molecule has 1 amide bonds. The van der Waals surface area contributed by atoms with Crippen molar-refractivity contribution in [1.82, 2.24) is 4.98 Å². The third-order valence-corrected chi connectivity index (χ3v) is 6.36. The summed E-state index contributed by atoms with van der Waals surface area (Å²) in [5, 5.41) is 3.24. The van der Waals surface area contributed by atoms with Gasteiger partial charge in [-0.2, -0.15) is 0 Å². The van der Waals surface area contributed by atoms with Gasteiger partial charge in [0, 0.05) is 24.5 Å². The summed E-state index contributed by atoms with van der Waals surface area (Å²) in [6.45, 7) is 2.04. The number of hydrogen-bond donors (Lipinski definition) is 1. The fourth-order valence-electron chi connectivity index (χ4n) is 2.64. The van der Waals surface area contributed by atoms with E-state index in [1.165, 1.54) is 29.5 Å². The molecule has 0 aliphatic carbocycles. The summed E-state index contributed by atoms with van der Waals surface area (Å²) >= 11 is 1.40. The second-order valence-electron chi connectivity index (χ2n) is 6.50. The molecule has 0 bridgehead atoms. The number of rotatable bonds is 6. The zero-order chi connectivity index (χ0) is 20.3. The van der Waals surface area contributed by atoms with E-state index < -0.39 is 15.9 Å². The van der Waals surface area contributed by atoms with Crippen molar-refractivity contribution in [2.75, 3.05) is 22.9 Å². The maximum atomic E-state index is 12.7. The molecule has 0 atom stereocenters. The van der Waals surface area contributed by atoms with E-state index in [1.807, 2.05) is 6.92 Å². The van der Waals surface area contributed by atoms with Crippen LogP contribution in [0.5, 0.6) is 0 Å². The Morgan fingerprint density at radius 3 is 2.50 bits per heavy atom. The largest absolute Gasteiger partial charge is 0.298 e. The van der Waals surface area contributed by atoms with Gasteiger partial charge in [0.2, 0.25) is 10.0 Å². The number of nitrogens with one attached hydrogen (secondary N) is 1. The number of aromatic nitrogens is 1. The molecule has 1 heterocycles. The number of nitrogens with zero attached hydrogens (tertiary/aromatic N) is 2. The van der Waals surface area contributed by atoms with Crippen LogP contribution in [0, 0.1) is 6.92 Å². The SMILES string of the molecule is Cc1ccc(Cc2cnc(NC(=O)c3ccccc3N(C)S(C)(=O)=O)s2)cc1. The van der Waals surface area contributed by atoms with Crippen molar-refractivity contribution in [3.05, 3.63) is 76.3 Å². The fraction of sp³-hybridized carbons (Fsp3) is 0.200. The van der Waals surface area contributed by atoms with Crippen molar-refractivity contribution in [3.8, 4) is 0 Å². The highest BCUT2D eigenvalue weighted by Crippen LogP contribution is 2.25. The Balaban J connectivity index is 1.76. The Hall–Kier alpha value is -2.71. The lowest BCUT2D eigenvalue weighted by Gasteiger charge is -2.19. The van der Waals surface area contributed by atoms with Crippen molar-refractivity contribution >= 4 is 38.1 Å². The number of hydrogen-bond acceptors (Lipinski definition) is 5. The molecule has 8 heteroatoms. The first-order chi connectivity index (χ1) is 13.2. The Kier molecular flexibility index (Phi) is 5.81. The van der Waals surface area contributed by atoms with Crippen molar-refractivity contribution in [2.24, 2.45) is 0 Å². The number of anilines is 2. The van der Waals surface area contributed by atoms with Crippen LogP contribution >= 0.6 is 11.3 Å². The maximum absolute atomic E-state index is 12.7. The molecular weight excluding hydrogens is 394 g/mol. The maximum Gasteiger partial charge on any atom is 0.259 e. The number of amides is 1. The van der Waals surface area contributed by atoms with Crippen LogP contribution in [0.4, 0.5) is 10.8 Å². The van der Waals surface area contributed by atoms with E-state index in [0.29, 0.717) is 10.8 Å².